The number of hydrogen-bond donors (Lipinski definition) is 2. The van der Waals surface area contributed by atoms with Crippen molar-refractivity contribution in [3.05, 3.63) is 34.1 Å². The van der Waals surface area contributed by atoms with E-state index in [9.17, 15) is 0 Å². The molecule has 1 aromatic heterocycles. The molecule has 1 aliphatic rings. The summed E-state index contributed by atoms with van der Waals surface area (Å²) in [7, 11) is 0. The van der Waals surface area contributed by atoms with Gasteiger partial charge in [-0.1, -0.05) is 6.42 Å². The van der Waals surface area contributed by atoms with E-state index in [1.807, 2.05) is 18.2 Å². The van der Waals surface area contributed by atoms with Crippen LogP contribution < -0.4 is 5.73 Å². The first-order valence-electron chi connectivity index (χ1n) is 6.89. The number of nitrogens with two attached hydrogens (primary N) is 1. The van der Waals surface area contributed by atoms with Crippen molar-refractivity contribution >= 4 is 33.5 Å². The average molecular weight is 366 g/mol. The van der Waals surface area contributed by atoms with Crippen LogP contribution in [0.4, 0.5) is 0 Å². The van der Waals surface area contributed by atoms with Crippen LogP contribution in [0.15, 0.2) is 32.7 Å². The van der Waals surface area contributed by atoms with Gasteiger partial charge in [0.1, 0.15) is 11.7 Å². The van der Waals surface area contributed by atoms with Gasteiger partial charge >= 0.3 is 0 Å². The molecule has 3 N–H and O–H groups in total. The second-order valence-electron chi connectivity index (χ2n) is 5.02. The topological polar surface area (TPSA) is 80.6 Å². The van der Waals surface area contributed by atoms with Gasteiger partial charge in [-0.2, -0.15) is 0 Å². The summed E-state index contributed by atoms with van der Waals surface area (Å²) < 4.78 is 3.06. The van der Waals surface area contributed by atoms with Gasteiger partial charge in [0.2, 0.25) is 0 Å². The maximum atomic E-state index is 7.51. The van der Waals surface area contributed by atoms with Crippen LogP contribution in [0.3, 0.4) is 0 Å². The van der Waals surface area contributed by atoms with Crippen molar-refractivity contribution in [3.63, 3.8) is 0 Å². The van der Waals surface area contributed by atoms with Gasteiger partial charge in [0, 0.05) is 27.9 Å². The summed E-state index contributed by atoms with van der Waals surface area (Å²) in [6.45, 7) is 0.997. The van der Waals surface area contributed by atoms with Crippen molar-refractivity contribution in [2.75, 3.05) is 0 Å². The first-order valence-corrected chi connectivity index (χ1v) is 8.50. The van der Waals surface area contributed by atoms with Crippen LogP contribution in [0.1, 0.15) is 30.7 Å². The maximum absolute atomic E-state index is 7.51. The molecule has 0 saturated heterocycles. The molecule has 0 fully saturated rings. The molecule has 0 atom stereocenters. The lowest BCUT2D eigenvalue weighted by molar-refractivity contribution is 0.591. The molecule has 0 radical (unpaired) electrons. The second kappa shape index (κ2) is 6.19. The highest BCUT2D eigenvalue weighted by Gasteiger charge is 2.16. The summed E-state index contributed by atoms with van der Waals surface area (Å²) in [5, 5.41) is 17.1. The van der Waals surface area contributed by atoms with E-state index < -0.39 is 0 Å². The highest BCUT2D eigenvalue weighted by Crippen LogP contribution is 2.31. The van der Waals surface area contributed by atoms with Crippen molar-refractivity contribution in [2.24, 2.45) is 5.73 Å². The summed E-state index contributed by atoms with van der Waals surface area (Å²) in [6, 6.07) is 5.79. The Hall–Kier alpha value is -1.34. The molecule has 2 heterocycles. The number of halogens is 1. The van der Waals surface area contributed by atoms with E-state index in [1.165, 1.54) is 19.3 Å². The zero-order valence-electron chi connectivity index (χ0n) is 11.5. The first kappa shape index (κ1) is 14.6. The van der Waals surface area contributed by atoms with Crippen LogP contribution in [0.25, 0.3) is 0 Å². The molecule has 0 amide bonds. The summed E-state index contributed by atoms with van der Waals surface area (Å²) in [4.78, 5) is 1.06. The maximum Gasteiger partial charge on any atom is 0.196 e. The number of nitrogen functional groups attached to an aromatic ring is 1. The Labute approximate surface area is 136 Å². The molecule has 0 unspecified atom stereocenters. The van der Waals surface area contributed by atoms with Gasteiger partial charge in [-0.3, -0.25) is 5.41 Å². The third kappa shape index (κ3) is 3.13. The first-order chi connectivity index (χ1) is 10.1. The number of benzene rings is 1. The van der Waals surface area contributed by atoms with E-state index in [-0.39, 0.29) is 5.84 Å². The SMILES string of the molecule is N=C(N)c1ccc(Sc2nnc3n2CCCCC3)cc1Br. The van der Waals surface area contributed by atoms with Crippen molar-refractivity contribution in [2.45, 2.75) is 42.3 Å². The van der Waals surface area contributed by atoms with Crippen LogP contribution in [-0.4, -0.2) is 20.6 Å². The minimum absolute atomic E-state index is 0.0646. The molecule has 5 nitrogen and oxygen atoms in total. The van der Waals surface area contributed by atoms with Gasteiger partial charge in [-0.25, -0.2) is 0 Å². The summed E-state index contributed by atoms with van der Waals surface area (Å²) >= 11 is 5.06. The average Bonchev–Trinajstić information content (AvgIpc) is 2.68. The molecule has 0 aliphatic carbocycles. The van der Waals surface area contributed by atoms with Gasteiger partial charge in [0.25, 0.3) is 0 Å². The van der Waals surface area contributed by atoms with Crippen molar-refractivity contribution in [3.8, 4) is 0 Å². The summed E-state index contributed by atoms with van der Waals surface area (Å²) in [5.41, 5.74) is 6.24. The number of hydrogen-bond acceptors (Lipinski definition) is 4. The van der Waals surface area contributed by atoms with Gasteiger partial charge in [-0.05, 0) is 58.7 Å². The van der Waals surface area contributed by atoms with Gasteiger partial charge in [-0.15, -0.1) is 10.2 Å². The Morgan fingerprint density at radius 2 is 2.14 bits per heavy atom. The zero-order chi connectivity index (χ0) is 14.8. The molecule has 1 aliphatic heterocycles. The van der Waals surface area contributed by atoms with E-state index in [0.717, 1.165) is 33.3 Å². The van der Waals surface area contributed by atoms with E-state index in [0.29, 0.717) is 5.56 Å². The molecular formula is C14H16BrN5S. The number of nitrogens with one attached hydrogen (secondary N) is 1. The number of amidine groups is 1. The Morgan fingerprint density at radius 1 is 1.29 bits per heavy atom. The zero-order valence-corrected chi connectivity index (χ0v) is 13.9. The lowest BCUT2D eigenvalue weighted by atomic mass is 10.2. The molecule has 21 heavy (non-hydrogen) atoms. The van der Waals surface area contributed by atoms with Crippen LogP contribution in [-0.2, 0) is 13.0 Å². The fourth-order valence-corrected chi connectivity index (χ4v) is 4.07. The van der Waals surface area contributed by atoms with Crippen LogP contribution in [0.2, 0.25) is 0 Å². The number of nitrogens with zero attached hydrogens (tertiary/aromatic N) is 3. The predicted octanol–water partition coefficient (Wildman–Crippen LogP) is 3.20. The molecule has 7 heteroatoms. The van der Waals surface area contributed by atoms with Gasteiger partial charge in [0.05, 0.1) is 0 Å². The highest BCUT2D eigenvalue weighted by atomic mass is 79.9. The molecule has 3 rings (SSSR count). The normalized spacial score (nSPS) is 14.5. The molecule has 0 saturated carbocycles. The third-order valence-corrected chi connectivity index (χ3v) is 5.15. The Morgan fingerprint density at radius 3 is 2.90 bits per heavy atom. The van der Waals surface area contributed by atoms with Crippen molar-refractivity contribution in [1.82, 2.24) is 14.8 Å². The van der Waals surface area contributed by atoms with Crippen molar-refractivity contribution < 1.29 is 0 Å². The van der Waals surface area contributed by atoms with Crippen molar-refractivity contribution in [1.29, 1.82) is 5.41 Å². The number of aryl methyl sites for hydroxylation is 1. The highest BCUT2D eigenvalue weighted by molar-refractivity contribution is 9.10. The van der Waals surface area contributed by atoms with E-state index in [2.05, 4.69) is 30.7 Å². The standard InChI is InChI=1S/C14H16BrN5S/c15-11-8-9(5-6-10(11)13(16)17)21-14-19-18-12-4-2-1-3-7-20(12)14/h5-6,8H,1-4,7H2,(H3,16,17). The largest absolute Gasteiger partial charge is 0.384 e. The van der Waals surface area contributed by atoms with Crippen LogP contribution in [0, 0.1) is 5.41 Å². The molecule has 1 aromatic carbocycles. The number of aromatic nitrogens is 3. The predicted molar refractivity (Wildman–Crippen MR) is 86.9 cm³/mol. The Kier molecular flexibility index (Phi) is 4.30. The minimum Gasteiger partial charge on any atom is -0.384 e. The summed E-state index contributed by atoms with van der Waals surface area (Å²) in [5.74, 6) is 1.16. The number of fused-ring (bicyclic) bond motifs is 1. The molecule has 2 aromatic rings. The monoisotopic (exact) mass is 365 g/mol. The third-order valence-electron chi connectivity index (χ3n) is 3.52. The van der Waals surface area contributed by atoms with Gasteiger partial charge < -0.3 is 10.3 Å². The number of rotatable bonds is 3. The summed E-state index contributed by atoms with van der Waals surface area (Å²) in [6.07, 6.45) is 4.65. The van der Waals surface area contributed by atoms with E-state index in [1.54, 1.807) is 11.8 Å². The molecular weight excluding hydrogens is 350 g/mol. The molecule has 110 valence electrons. The van der Waals surface area contributed by atoms with Crippen LogP contribution >= 0.6 is 27.7 Å². The lowest BCUT2D eigenvalue weighted by Crippen LogP contribution is -2.11. The Bertz CT molecular complexity index is 682. The van der Waals surface area contributed by atoms with E-state index in [4.69, 9.17) is 11.1 Å². The van der Waals surface area contributed by atoms with Gasteiger partial charge in [0.15, 0.2) is 5.16 Å². The molecule has 0 bridgehead atoms. The minimum atomic E-state index is 0.0646. The second-order valence-corrected chi connectivity index (χ2v) is 6.91. The fourth-order valence-electron chi connectivity index (χ4n) is 2.42. The molecule has 0 spiro atoms. The van der Waals surface area contributed by atoms with Crippen LogP contribution in [0.5, 0.6) is 0 Å². The van der Waals surface area contributed by atoms with E-state index >= 15 is 0 Å². The lowest BCUT2D eigenvalue weighted by Gasteiger charge is -2.08. The quantitative estimate of drug-likeness (QED) is 0.646. The fraction of sp³-hybridized carbons (Fsp3) is 0.357. The smallest absolute Gasteiger partial charge is 0.196 e. The Balaban J connectivity index is 1.86.